The molecule has 2 aliphatic rings. The Labute approximate surface area is 173 Å². The summed E-state index contributed by atoms with van der Waals surface area (Å²) in [6, 6.07) is 10.1. The van der Waals surface area contributed by atoms with Crippen molar-refractivity contribution in [3.63, 3.8) is 0 Å². The molecule has 0 unspecified atom stereocenters. The van der Waals surface area contributed by atoms with E-state index in [0.717, 1.165) is 0 Å². The third-order valence-electron chi connectivity index (χ3n) is 4.84. The van der Waals surface area contributed by atoms with Gasteiger partial charge in [-0.3, -0.25) is 4.79 Å². The van der Waals surface area contributed by atoms with Gasteiger partial charge in [-0.1, -0.05) is 12.1 Å². The van der Waals surface area contributed by atoms with Crippen molar-refractivity contribution < 1.29 is 33.3 Å². The quantitative estimate of drug-likeness (QED) is 0.715. The van der Waals surface area contributed by atoms with Gasteiger partial charge in [-0.25, -0.2) is 4.79 Å². The second kappa shape index (κ2) is 8.46. The number of hydrogen-bond donors (Lipinski definition) is 0. The van der Waals surface area contributed by atoms with Gasteiger partial charge in [-0.2, -0.15) is 0 Å². The number of methoxy groups -OCH3 is 2. The molecule has 1 amide bonds. The Balaban J connectivity index is 1.55. The third-order valence-corrected chi connectivity index (χ3v) is 4.84. The Kier molecular flexibility index (Phi) is 5.58. The van der Waals surface area contributed by atoms with Crippen LogP contribution in [0.2, 0.25) is 0 Å². The number of ketones is 1. The highest BCUT2D eigenvalue weighted by Gasteiger charge is 2.29. The molecule has 156 valence electrons. The molecule has 0 N–H and O–H groups in total. The van der Waals surface area contributed by atoms with Gasteiger partial charge >= 0.3 is 6.09 Å². The van der Waals surface area contributed by atoms with E-state index < -0.39 is 6.09 Å². The zero-order valence-corrected chi connectivity index (χ0v) is 16.7. The number of ether oxygens (including phenoxy) is 5. The summed E-state index contributed by atoms with van der Waals surface area (Å²) in [6.45, 7) is 1.93. The van der Waals surface area contributed by atoms with Gasteiger partial charge in [0.1, 0.15) is 11.5 Å². The summed E-state index contributed by atoms with van der Waals surface area (Å²) in [7, 11) is 3.07. The van der Waals surface area contributed by atoms with Crippen molar-refractivity contribution in [2.45, 2.75) is 0 Å². The van der Waals surface area contributed by atoms with Crippen molar-refractivity contribution >= 4 is 18.0 Å². The van der Waals surface area contributed by atoms with Gasteiger partial charge in [0, 0.05) is 24.7 Å². The minimum absolute atomic E-state index is 0.146. The van der Waals surface area contributed by atoms with E-state index in [1.54, 1.807) is 48.4 Å². The van der Waals surface area contributed by atoms with E-state index >= 15 is 0 Å². The first-order chi connectivity index (χ1) is 14.6. The van der Waals surface area contributed by atoms with Crippen LogP contribution in [0.3, 0.4) is 0 Å². The van der Waals surface area contributed by atoms with Crippen LogP contribution in [0.4, 0.5) is 4.79 Å². The molecule has 2 aromatic rings. The monoisotopic (exact) mass is 411 g/mol. The average molecular weight is 411 g/mol. The van der Waals surface area contributed by atoms with E-state index in [1.807, 2.05) is 0 Å². The van der Waals surface area contributed by atoms with Crippen LogP contribution >= 0.6 is 0 Å². The molecule has 2 aliphatic heterocycles. The lowest BCUT2D eigenvalue weighted by molar-refractivity contribution is 0.0416. The minimum Gasteiger partial charge on any atom is -0.493 e. The Morgan fingerprint density at radius 3 is 2.63 bits per heavy atom. The van der Waals surface area contributed by atoms with Crippen molar-refractivity contribution in [1.82, 2.24) is 4.90 Å². The molecule has 0 radical (unpaired) electrons. The predicted molar refractivity (Wildman–Crippen MR) is 107 cm³/mol. The number of Topliss-reactive ketones (excluding diaryl/α,β-unsaturated/α-hetero) is 1. The molecule has 1 fully saturated rings. The number of nitrogens with zero attached hydrogens (tertiary/aromatic N) is 1. The number of amides is 1. The first-order valence-electron chi connectivity index (χ1n) is 9.44. The zero-order chi connectivity index (χ0) is 21.1. The first-order valence-corrected chi connectivity index (χ1v) is 9.44. The summed E-state index contributed by atoms with van der Waals surface area (Å²) >= 11 is 0. The Morgan fingerprint density at radius 1 is 1.10 bits per heavy atom. The summed E-state index contributed by atoms with van der Waals surface area (Å²) in [5.74, 6) is 1.57. The van der Waals surface area contributed by atoms with Crippen LogP contribution in [0.25, 0.3) is 6.08 Å². The van der Waals surface area contributed by atoms with Crippen LogP contribution in [0.15, 0.2) is 42.2 Å². The van der Waals surface area contributed by atoms with Gasteiger partial charge in [0.2, 0.25) is 5.78 Å². The topological polar surface area (TPSA) is 83.5 Å². The van der Waals surface area contributed by atoms with Crippen molar-refractivity contribution in [2.24, 2.45) is 0 Å². The number of benzene rings is 2. The van der Waals surface area contributed by atoms with E-state index in [1.165, 1.54) is 13.2 Å². The van der Waals surface area contributed by atoms with Gasteiger partial charge in [-0.15, -0.1) is 0 Å². The maximum atomic E-state index is 12.7. The molecule has 2 aromatic carbocycles. The predicted octanol–water partition coefficient (Wildman–Crippen LogP) is 3.15. The Hall–Kier alpha value is -3.52. The van der Waals surface area contributed by atoms with E-state index in [9.17, 15) is 9.59 Å². The van der Waals surface area contributed by atoms with Crippen LogP contribution in [-0.2, 0) is 4.74 Å². The van der Waals surface area contributed by atoms with Crippen LogP contribution in [0, 0.1) is 0 Å². The fourth-order valence-corrected chi connectivity index (χ4v) is 3.31. The fraction of sp³-hybridized carbons (Fsp3) is 0.273. The second-order valence-corrected chi connectivity index (χ2v) is 6.65. The van der Waals surface area contributed by atoms with Crippen molar-refractivity contribution in [3.8, 4) is 23.0 Å². The number of hydrogen-bond acceptors (Lipinski definition) is 7. The molecule has 1 saturated heterocycles. The molecule has 0 aromatic heterocycles. The molecule has 8 nitrogen and oxygen atoms in total. The molecule has 0 bridgehead atoms. The summed E-state index contributed by atoms with van der Waals surface area (Å²) in [6.07, 6.45) is 1.14. The Bertz CT molecular complexity index is 1010. The number of carbonyl (C=O) groups excluding carboxylic acids is 2. The standard InChI is InChI=1S/C22H21NO7/c1-26-17-5-3-4-14(21(17)27-2)12-19-20(24)16-7-6-15(13-18(16)30-19)29-22(25)23-8-10-28-11-9-23/h3-7,12-13H,8-11H2,1-2H3/b19-12+. The van der Waals surface area contributed by atoms with Crippen molar-refractivity contribution in [1.29, 1.82) is 0 Å². The largest absolute Gasteiger partial charge is 0.493 e. The van der Waals surface area contributed by atoms with Crippen LogP contribution in [0.5, 0.6) is 23.0 Å². The van der Waals surface area contributed by atoms with Gasteiger partial charge in [0.25, 0.3) is 0 Å². The highest BCUT2D eigenvalue weighted by atomic mass is 16.6. The molecule has 0 spiro atoms. The SMILES string of the molecule is COc1cccc(/C=C2/Oc3cc(OC(=O)N4CCOCC4)ccc3C2=O)c1OC. The number of morpholine rings is 1. The summed E-state index contributed by atoms with van der Waals surface area (Å²) < 4.78 is 27.1. The highest BCUT2D eigenvalue weighted by molar-refractivity contribution is 6.14. The molecule has 2 heterocycles. The first kappa shape index (κ1) is 19.8. The summed E-state index contributed by atoms with van der Waals surface area (Å²) in [5, 5.41) is 0. The van der Waals surface area contributed by atoms with E-state index in [2.05, 4.69) is 0 Å². The van der Waals surface area contributed by atoms with Gasteiger partial charge in [-0.05, 0) is 24.3 Å². The molecule has 30 heavy (non-hydrogen) atoms. The number of rotatable bonds is 4. The van der Waals surface area contributed by atoms with Gasteiger partial charge in [0.15, 0.2) is 17.3 Å². The van der Waals surface area contributed by atoms with Crippen LogP contribution in [0.1, 0.15) is 15.9 Å². The zero-order valence-electron chi connectivity index (χ0n) is 16.7. The van der Waals surface area contributed by atoms with Gasteiger partial charge < -0.3 is 28.6 Å². The maximum absolute atomic E-state index is 12.7. The molecule has 4 rings (SSSR count). The lowest BCUT2D eigenvalue weighted by Gasteiger charge is -2.25. The van der Waals surface area contributed by atoms with Gasteiger partial charge in [0.05, 0.1) is 33.0 Å². The highest BCUT2D eigenvalue weighted by Crippen LogP contribution is 2.37. The van der Waals surface area contributed by atoms with Crippen LogP contribution in [-0.4, -0.2) is 57.3 Å². The minimum atomic E-state index is -0.459. The number of carbonyl (C=O) groups is 2. The van der Waals surface area contributed by atoms with Crippen molar-refractivity contribution in [2.75, 3.05) is 40.5 Å². The van der Waals surface area contributed by atoms with Crippen molar-refractivity contribution in [3.05, 3.63) is 53.3 Å². The molecular formula is C22H21NO7. The maximum Gasteiger partial charge on any atom is 0.415 e. The molecule has 8 heteroatoms. The molecular weight excluding hydrogens is 390 g/mol. The normalized spacial score (nSPS) is 16.8. The summed E-state index contributed by atoms with van der Waals surface area (Å²) in [5.41, 5.74) is 1.04. The molecule has 0 saturated carbocycles. The van der Waals surface area contributed by atoms with E-state index in [4.69, 9.17) is 23.7 Å². The lowest BCUT2D eigenvalue weighted by Crippen LogP contribution is -2.42. The fourth-order valence-electron chi connectivity index (χ4n) is 3.31. The number of para-hydroxylation sites is 1. The second-order valence-electron chi connectivity index (χ2n) is 6.65. The Morgan fingerprint density at radius 2 is 1.90 bits per heavy atom. The number of allylic oxidation sites excluding steroid dienone is 1. The van der Waals surface area contributed by atoms with E-state index in [-0.39, 0.29) is 11.5 Å². The summed E-state index contributed by atoms with van der Waals surface area (Å²) in [4.78, 5) is 26.6. The molecule has 0 aliphatic carbocycles. The smallest absolute Gasteiger partial charge is 0.415 e. The lowest BCUT2D eigenvalue weighted by atomic mass is 10.1. The van der Waals surface area contributed by atoms with E-state index in [0.29, 0.717) is 60.4 Å². The molecule has 0 atom stereocenters. The third kappa shape index (κ3) is 3.81. The van der Waals surface area contributed by atoms with Crippen LogP contribution < -0.4 is 18.9 Å². The number of fused-ring (bicyclic) bond motifs is 1. The average Bonchev–Trinajstić information content (AvgIpc) is 3.08.